The van der Waals surface area contributed by atoms with E-state index in [2.05, 4.69) is 98.6 Å². The van der Waals surface area contributed by atoms with Crippen LogP contribution in [0, 0.1) is 11.8 Å². The van der Waals surface area contributed by atoms with Gasteiger partial charge in [0.05, 0.1) is 6.61 Å². The van der Waals surface area contributed by atoms with Gasteiger partial charge >= 0.3 is 0 Å². The van der Waals surface area contributed by atoms with Gasteiger partial charge in [0.2, 0.25) is 0 Å². The second-order valence-corrected chi connectivity index (χ2v) is 8.75. The standard InChI is InChI=1S/C26H40N2O/c1-5-22(4)26(17-27-25(20-29)16-21(2)3)28(18-23-12-8-6-9-13-23)19-24-14-10-7-11-15-24/h6-15,21-22,25-27,29H,5,16-20H2,1-4H3/t22?,25-,26-/m0/s1. The number of rotatable bonds is 13. The molecule has 0 saturated heterocycles. The fraction of sp³-hybridized carbons (Fsp3) is 0.538. The molecule has 2 aromatic rings. The van der Waals surface area contributed by atoms with E-state index in [9.17, 15) is 5.11 Å². The number of benzene rings is 2. The zero-order chi connectivity index (χ0) is 21.1. The Morgan fingerprint density at radius 1 is 0.862 bits per heavy atom. The highest BCUT2D eigenvalue weighted by atomic mass is 16.3. The van der Waals surface area contributed by atoms with Crippen molar-refractivity contribution in [2.24, 2.45) is 11.8 Å². The van der Waals surface area contributed by atoms with Crippen LogP contribution in [0.4, 0.5) is 0 Å². The number of nitrogens with one attached hydrogen (secondary N) is 1. The van der Waals surface area contributed by atoms with E-state index < -0.39 is 0 Å². The molecule has 0 spiro atoms. The second kappa shape index (κ2) is 12.8. The lowest BCUT2D eigenvalue weighted by Crippen LogP contribution is -2.48. The highest BCUT2D eigenvalue weighted by Crippen LogP contribution is 2.21. The summed E-state index contributed by atoms with van der Waals surface area (Å²) in [6.07, 6.45) is 2.14. The molecule has 0 saturated carbocycles. The monoisotopic (exact) mass is 396 g/mol. The molecule has 0 aliphatic heterocycles. The van der Waals surface area contributed by atoms with Crippen molar-refractivity contribution in [1.82, 2.24) is 10.2 Å². The summed E-state index contributed by atoms with van der Waals surface area (Å²) in [6.45, 7) is 12.0. The zero-order valence-corrected chi connectivity index (χ0v) is 18.7. The Kier molecular flexibility index (Phi) is 10.4. The van der Waals surface area contributed by atoms with E-state index in [0.29, 0.717) is 17.9 Å². The van der Waals surface area contributed by atoms with E-state index >= 15 is 0 Å². The molecule has 0 heterocycles. The molecule has 0 bridgehead atoms. The normalized spacial score (nSPS) is 14.9. The first-order valence-electron chi connectivity index (χ1n) is 11.2. The van der Waals surface area contributed by atoms with Gasteiger partial charge < -0.3 is 10.4 Å². The predicted octanol–water partition coefficient (Wildman–Crippen LogP) is 5.10. The third kappa shape index (κ3) is 8.30. The third-order valence-electron chi connectivity index (χ3n) is 5.82. The lowest BCUT2D eigenvalue weighted by Gasteiger charge is -2.37. The average molecular weight is 397 g/mol. The van der Waals surface area contributed by atoms with Crippen molar-refractivity contribution in [1.29, 1.82) is 0 Å². The van der Waals surface area contributed by atoms with Gasteiger partial charge in [-0.15, -0.1) is 0 Å². The molecule has 0 aromatic heterocycles. The van der Waals surface area contributed by atoms with Crippen LogP contribution in [0.25, 0.3) is 0 Å². The molecule has 2 aromatic carbocycles. The molecule has 2 N–H and O–H groups in total. The van der Waals surface area contributed by atoms with E-state index in [1.165, 1.54) is 11.1 Å². The Morgan fingerprint density at radius 3 is 1.79 bits per heavy atom. The quantitative estimate of drug-likeness (QED) is 0.494. The fourth-order valence-electron chi connectivity index (χ4n) is 3.97. The molecule has 160 valence electrons. The number of hydrogen-bond donors (Lipinski definition) is 2. The predicted molar refractivity (Wildman–Crippen MR) is 124 cm³/mol. The number of nitrogens with zero attached hydrogens (tertiary/aromatic N) is 1. The summed E-state index contributed by atoms with van der Waals surface area (Å²) in [5.74, 6) is 1.14. The topological polar surface area (TPSA) is 35.5 Å². The summed E-state index contributed by atoms with van der Waals surface area (Å²) < 4.78 is 0. The van der Waals surface area contributed by atoms with Crippen molar-refractivity contribution >= 4 is 0 Å². The van der Waals surface area contributed by atoms with Crippen LogP contribution in [-0.4, -0.2) is 35.2 Å². The molecule has 3 nitrogen and oxygen atoms in total. The van der Waals surface area contributed by atoms with Gasteiger partial charge in [0.1, 0.15) is 0 Å². The summed E-state index contributed by atoms with van der Waals surface area (Å²) in [4.78, 5) is 2.61. The maximum absolute atomic E-state index is 9.82. The fourth-order valence-corrected chi connectivity index (χ4v) is 3.97. The van der Waals surface area contributed by atoms with Gasteiger partial charge in [-0.25, -0.2) is 0 Å². The van der Waals surface area contributed by atoms with Gasteiger partial charge in [-0.05, 0) is 29.4 Å². The van der Waals surface area contributed by atoms with Crippen LogP contribution in [0.15, 0.2) is 60.7 Å². The Labute approximate surface area is 178 Å². The molecular formula is C26H40N2O. The lowest BCUT2D eigenvalue weighted by atomic mass is 9.95. The molecule has 3 heteroatoms. The van der Waals surface area contributed by atoms with Crippen LogP contribution < -0.4 is 5.32 Å². The minimum atomic E-state index is 0.164. The lowest BCUT2D eigenvalue weighted by molar-refractivity contribution is 0.116. The first-order valence-corrected chi connectivity index (χ1v) is 11.2. The molecule has 2 rings (SSSR count). The Balaban J connectivity index is 2.20. The van der Waals surface area contributed by atoms with Crippen molar-refractivity contribution in [3.8, 4) is 0 Å². The van der Waals surface area contributed by atoms with Crippen molar-refractivity contribution in [3.05, 3.63) is 71.8 Å². The summed E-state index contributed by atoms with van der Waals surface area (Å²) in [6, 6.07) is 22.1. The number of aliphatic hydroxyl groups is 1. The minimum Gasteiger partial charge on any atom is -0.395 e. The summed E-state index contributed by atoms with van der Waals surface area (Å²) in [5.41, 5.74) is 2.69. The highest BCUT2D eigenvalue weighted by Gasteiger charge is 2.25. The van der Waals surface area contributed by atoms with E-state index in [-0.39, 0.29) is 12.6 Å². The Hall–Kier alpha value is -1.68. The molecule has 0 fully saturated rings. The van der Waals surface area contributed by atoms with Gasteiger partial charge in [0.25, 0.3) is 0 Å². The van der Waals surface area contributed by atoms with Gasteiger partial charge in [-0.3, -0.25) is 4.90 Å². The van der Waals surface area contributed by atoms with Crippen molar-refractivity contribution in [2.45, 2.75) is 65.7 Å². The van der Waals surface area contributed by atoms with Crippen molar-refractivity contribution < 1.29 is 5.11 Å². The SMILES string of the molecule is CCC(C)[C@H](CN[C@H](CO)CC(C)C)N(Cc1ccccc1)Cc1ccccc1. The summed E-state index contributed by atoms with van der Waals surface area (Å²) >= 11 is 0. The molecule has 0 aliphatic carbocycles. The minimum absolute atomic E-state index is 0.164. The van der Waals surface area contributed by atoms with E-state index in [1.54, 1.807) is 0 Å². The van der Waals surface area contributed by atoms with Crippen LogP contribution in [0.3, 0.4) is 0 Å². The Bertz CT molecular complexity index is 617. The van der Waals surface area contributed by atoms with Gasteiger partial charge in [0, 0.05) is 31.7 Å². The number of aliphatic hydroxyl groups excluding tert-OH is 1. The van der Waals surface area contributed by atoms with Crippen LogP contribution in [-0.2, 0) is 13.1 Å². The second-order valence-electron chi connectivity index (χ2n) is 8.75. The third-order valence-corrected chi connectivity index (χ3v) is 5.82. The van der Waals surface area contributed by atoms with E-state index in [4.69, 9.17) is 0 Å². The maximum atomic E-state index is 9.82. The number of hydrogen-bond acceptors (Lipinski definition) is 3. The summed E-state index contributed by atoms with van der Waals surface area (Å²) in [7, 11) is 0. The van der Waals surface area contributed by atoms with E-state index in [0.717, 1.165) is 32.5 Å². The van der Waals surface area contributed by atoms with Gasteiger partial charge in [-0.2, -0.15) is 0 Å². The molecule has 0 aliphatic rings. The van der Waals surface area contributed by atoms with Crippen LogP contribution >= 0.6 is 0 Å². The molecule has 29 heavy (non-hydrogen) atoms. The van der Waals surface area contributed by atoms with E-state index in [1.807, 2.05) is 0 Å². The Morgan fingerprint density at radius 2 is 1.38 bits per heavy atom. The maximum Gasteiger partial charge on any atom is 0.0584 e. The molecular weight excluding hydrogens is 356 g/mol. The molecule has 0 amide bonds. The van der Waals surface area contributed by atoms with Crippen molar-refractivity contribution in [3.63, 3.8) is 0 Å². The van der Waals surface area contributed by atoms with Crippen LogP contribution in [0.1, 0.15) is 51.7 Å². The van der Waals surface area contributed by atoms with Gasteiger partial charge in [-0.1, -0.05) is 94.8 Å². The molecule has 0 radical (unpaired) electrons. The highest BCUT2D eigenvalue weighted by molar-refractivity contribution is 5.17. The van der Waals surface area contributed by atoms with Crippen LogP contribution in [0.5, 0.6) is 0 Å². The molecule has 1 unspecified atom stereocenters. The van der Waals surface area contributed by atoms with Crippen molar-refractivity contribution in [2.75, 3.05) is 13.2 Å². The first-order chi connectivity index (χ1) is 14.0. The molecule has 3 atom stereocenters. The van der Waals surface area contributed by atoms with Gasteiger partial charge in [0.15, 0.2) is 0 Å². The largest absolute Gasteiger partial charge is 0.395 e. The average Bonchev–Trinajstić information content (AvgIpc) is 2.73. The smallest absolute Gasteiger partial charge is 0.0584 e. The zero-order valence-electron chi connectivity index (χ0n) is 18.7. The first kappa shape index (κ1) is 23.6. The van der Waals surface area contributed by atoms with Crippen LogP contribution in [0.2, 0.25) is 0 Å². The summed E-state index contributed by atoms with van der Waals surface area (Å²) in [5, 5.41) is 13.5.